The number of rotatable bonds is 3. The van der Waals surface area contributed by atoms with Crippen LogP contribution in [0, 0.1) is 0 Å². The normalized spacial score (nSPS) is 16.7. The minimum Gasteiger partial charge on any atom is -0.364 e. The molecule has 1 N–H and O–H groups in total. The maximum Gasteiger partial charge on any atom is 0.511 e. The fourth-order valence-corrected chi connectivity index (χ4v) is 3.84. The fourth-order valence-electron chi connectivity index (χ4n) is 2.91. The Balaban J connectivity index is 2.04. The number of anilines is 1. The molecule has 0 fully saturated rings. The van der Waals surface area contributed by atoms with Gasteiger partial charge >= 0.3 is 21.7 Å². The van der Waals surface area contributed by atoms with Crippen molar-refractivity contribution in [2.24, 2.45) is 0 Å². The molecule has 0 saturated carbocycles. The van der Waals surface area contributed by atoms with E-state index in [1.807, 2.05) is 0 Å². The summed E-state index contributed by atoms with van der Waals surface area (Å²) in [6.45, 7) is -1.39. The summed E-state index contributed by atoms with van der Waals surface area (Å²) in [7, 11) is -5.69. The van der Waals surface area contributed by atoms with Crippen molar-refractivity contribution in [2.75, 3.05) is 18.0 Å². The van der Waals surface area contributed by atoms with E-state index in [0.29, 0.717) is 11.8 Å². The Bertz CT molecular complexity index is 940. The molecule has 0 radical (unpaired) electrons. The van der Waals surface area contributed by atoms with E-state index in [-0.39, 0.29) is 28.6 Å². The molecular formula is C15H14F6N4O2S. The van der Waals surface area contributed by atoms with Gasteiger partial charge in [0.05, 0.1) is 24.1 Å². The average Bonchev–Trinajstić information content (AvgIpc) is 3.01. The van der Waals surface area contributed by atoms with Crippen molar-refractivity contribution in [1.29, 1.82) is 0 Å². The lowest BCUT2D eigenvalue weighted by Crippen LogP contribution is -2.42. The predicted octanol–water partition coefficient (Wildman–Crippen LogP) is 3.10. The molecule has 0 aliphatic carbocycles. The van der Waals surface area contributed by atoms with E-state index in [2.05, 4.69) is 9.97 Å². The third-order valence-corrected chi connectivity index (χ3v) is 5.84. The zero-order chi connectivity index (χ0) is 20.7. The standard InChI is InChI=1S/C15H14F6N4O2S/c16-14(17,18)11-1-2-13-10(5-11)7-25(28(26,27)15(19,20)21)4-3-24(13)8-12-6-22-9-23-12/h1-2,5-6,9H,3-4,7-8H2,(H,22,23). The number of nitrogens with zero attached hydrogens (tertiary/aromatic N) is 3. The Morgan fingerprint density at radius 2 is 1.82 bits per heavy atom. The van der Waals surface area contributed by atoms with Crippen LogP contribution in [0.15, 0.2) is 30.7 Å². The first-order chi connectivity index (χ1) is 12.9. The first kappa shape index (κ1) is 20.5. The number of H-pyrrole nitrogens is 1. The van der Waals surface area contributed by atoms with Gasteiger partial charge in [-0.15, -0.1) is 0 Å². The van der Waals surface area contributed by atoms with E-state index in [1.165, 1.54) is 17.4 Å². The lowest BCUT2D eigenvalue weighted by atomic mass is 10.1. The summed E-state index contributed by atoms with van der Waals surface area (Å²) in [6.07, 6.45) is -1.89. The molecule has 0 unspecified atom stereocenters. The highest BCUT2D eigenvalue weighted by molar-refractivity contribution is 7.89. The third-order valence-electron chi connectivity index (χ3n) is 4.26. The number of nitrogens with one attached hydrogen (secondary N) is 1. The zero-order valence-corrected chi connectivity index (χ0v) is 14.9. The number of benzene rings is 1. The van der Waals surface area contributed by atoms with Gasteiger partial charge in [-0.05, 0) is 23.8 Å². The van der Waals surface area contributed by atoms with Crippen LogP contribution in [0.5, 0.6) is 0 Å². The second kappa shape index (κ2) is 6.95. The van der Waals surface area contributed by atoms with Gasteiger partial charge in [-0.2, -0.15) is 30.6 Å². The summed E-state index contributed by atoms with van der Waals surface area (Å²) in [5.41, 5.74) is -5.99. The number of alkyl halides is 6. The van der Waals surface area contributed by atoms with Crippen LogP contribution in [-0.4, -0.2) is 41.3 Å². The topological polar surface area (TPSA) is 69.3 Å². The Kier molecular flexibility index (Phi) is 5.08. The van der Waals surface area contributed by atoms with Crippen LogP contribution in [0.3, 0.4) is 0 Å². The summed E-state index contributed by atoms with van der Waals surface area (Å²) < 4.78 is 102. The van der Waals surface area contributed by atoms with Gasteiger partial charge in [0.15, 0.2) is 0 Å². The Morgan fingerprint density at radius 3 is 2.39 bits per heavy atom. The van der Waals surface area contributed by atoms with Gasteiger partial charge in [0.1, 0.15) is 0 Å². The highest BCUT2D eigenvalue weighted by Gasteiger charge is 2.50. The number of halogens is 6. The lowest BCUT2D eigenvalue weighted by Gasteiger charge is -2.24. The Morgan fingerprint density at radius 1 is 1.11 bits per heavy atom. The van der Waals surface area contributed by atoms with Gasteiger partial charge in [-0.3, -0.25) is 0 Å². The minimum atomic E-state index is -5.69. The van der Waals surface area contributed by atoms with Crippen molar-refractivity contribution in [3.8, 4) is 0 Å². The highest BCUT2D eigenvalue weighted by Crippen LogP contribution is 2.36. The molecule has 2 aromatic rings. The van der Waals surface area contributed by atoms with Crippen molar-refractivity contribution in [2.45, 2.75) is 24.8 Å². The van der Waals surface area contributed by atoms with E-state index in [9.17, 15) is 34.8 Å². The molecule has 13 heteroatoms. The molecule has 0 atom stereocenters. The molecule has 3 rings (SSSR count). The van der Waals surface area contributed by atoms with E-state index < -0.39 is 40.4 Å². The predicted molar refractivity (Wildman–Crippen MR) is 86.5 cm³/mol. The number of sulfonamides is 1. The molecule has 1 aliphatic rings. The van der Waals surface area contributed by atoms with Crippen molar-refractivity contribution < 1.29 is 34.8 Å². The van der Waals surface area contributed by atoms with Gasteiger partial charge < -0.3 is 9.88 Å². The lowest BCUT2D eigenvalue weighted by molar-refractivity contribution is -0.137. The van der Waals surface area contributed by atoms with E-state index >= 15 is 0 Å². The van der Waals surface area contributed by atoms with Crippen molar-refractivity contribution in [1.82, 2.24) is 14.3 Å². The molecule has 1 aromatic carbocycles. The SMILES string of the molecule is O=S(=O)(N1CCN(Cc2cnc[nH]2)c2ccc(C(F)(F)F)cc2C1)C(F)(F)F. The smallest absolute Gasteiger partial charge is 0.364 e. The van der Waals surface area contributed by atoms with Gasteiger partial charge in [0.2, 0.25) is 0 Å². The molecule has 154 valence electrons. The molecular weight excluding hydrogens is 414 g/mol. The number of fused-ring (bicyclic) bond motifs is 1. The number of imidazole rings is 1. The summed E-state index contributed by atoms with van der Waals surface area (Å²) in [6, 6.07) is 2.63. The van der Waals surface area contributed by atoms with Gasteiger partial charge in [0.25, 0.3) is 0 Å². The van der Waals surface area contributed by atoms with Crippen LogP contribution in [0.2, 0.25) is 0 Å². The van der Waals surface area contributed by atoms with Gasteiger partial charge in [-0.25, -0.2) is 13.4 Å². The average molecular weight is 428 g/mol. The molecule has 2 heterocycles. The molecule has 1 aromatic heterocycles. The number of aromatic nitrogens is 2. The number of hydrogen-bond donors (Lipinski definition) is 1. The molecule has 0 amide bonds. The van der Waals surface area contributed by atoms with Crippen molar-refractivity contribution >= 4 is 15.7 Å². The van der Waals surface area contributed by atoms with E-state index in [1.54, 1.807) is 0 Å². The molecule has 28 heavy (non-hydrogen) atoms. The third kappa shape index (κ3) is 3.94. The molecule has 0 saturated heterocycles. The van der Waals surface area contributed by atoms with Crippen molar-refractivity contribution in [3.63, 3.8) is 0 Å². The molecule has 6 nitrogen and oxygen atoms in total. The summed E-state index contributed by atoms with van der Waals surface area (Å²) >= 11 is 0. The van der Waals surface area contributed by atoms with Crippen LogP contribution in [0.25, 0.3) is 0 Å². The van der Waals surface area contributed by atoms with Crippen LogP contribution < -0.4 is 4.90 Å². The molecule has 0 spiro atoms. The van der Waals surface area contributed by atoms with Crippen LogP contribution in [0.4, 0.5) is 32.0 Å². The largest absolute Gasteiger partial charge is 0.511 e. The summed E-state index contributed by atoms with van der Waals surface area (Å²) in [5, 5.41) is 0. The van der Waals surface area contributed by atoms with Crippen LogP contribution in [-0.2, 0) is 29.3 Å². The van der Waals surface area contributed by atoms with Gasteiger partial charge in [-0.1, -0.05) is 0 Å². The maximum atomic E-state index is 13.0. The molecule has 0 bridgehead atoms. The van der Waals surface area contributed by atoms with Crippen LogP contribution >= 0.6 is 0 Å². The first-order valence-electron chi connectivity index (χ1n) is 7.88. The summed E-state index contributed by atoms with van der Waals surface area (Å²) in [5.74, 6) is 0. The first-order valence-corrected chi connectivity index (χ1v) is 9.32. The summed E-state index contributed by atoms with van der Waals surface area (Å²) in [4.78, 5) is 8.12. The maximum absolute atomic E-state index is 13.0. The highest BCUT2D eigenvalue weighted by atomic mass is 32.2. The molecule has 1 aliphatic heterocycles. The Hall–Kier alpha value is -2.28. The van der Waals surface area contributed by atoms with Crippen molar-refractivity contribution in [3.05, 3.63) is 47.5 Å². The second-order valence-electron chi connectivity index (χ2n) is 6.12. The fraction of sp³-hybridized carbons (Fsp3) is 0.400. The van der Waals surface area contributed by atoms with E-state index in [4.69, 9.17) is 0 Å². The number of hydrogen-bond acceptors (Lipinski definition) is 4. The Labute approximate surface area is 155 Å². The van der Waals surface area contributed by atoms with Gasteiger partial charge in [0, 0.05) is 31.5 Å². The van der Waals surface area contributed by atoms with Crippen LogP contribution in [0.1, 0.15) is 16.8 Å². The second-order valence-corrected chi connectivity index (χ2v) is 8.05. The van der Waals surface area contributed by atoms with E-state index in [0.717, 1.165) is 12.1 Å². The monoisotopic (exact) mass is 428 g/mol. The zero-order valence-electron chi connectivity index (χ0n) is 14.0. The minimum absolute atomic E-state index is 0.109. The quantitative estimate of drug-likeness (QED) is 0.763. The number of aromatic amines is 1.